The summed E-state index contributed by atoms with van der Waals surface area (Å²) in [5.74, 6) is -0.522. The fourth-order valence-corrected chi connectivity index (χ4v) is 1.66. The van der Waals surface area contributed by atoms with E-state index >= 15 is 0 Å². The molecule has 0 spiro atoms. The van der Waals surface area contributed by atoms with Crippen molar-refractivity contribution in [1.29, 1.82) is 0 Å². The number of halogens is 1. The smallest absolute Gasteiger partial charge is 0.155 e. The van der Waals surface area contributed by atoms with Crippen LogP contribution in [0.15, 0.2) is 18.2 Å². The standard InChI is InChI=1S/C12H16FNO2/c1-2-6-14(7-8-15)12-5-3-4-11(13)10(12)9-16/h3-5,9,15H,2,6-8H2,1H3. The molecule has 0 aliphatic rings. The SMILES string of the molecule is CCCN(CCO)c1cccc(F)c1C=O. The van der Waals surface area contributed by atoms with Crippen molar-refractivity contribution in [2.24, 2.45) is 0 Å². The van der Waals surface area contributed by atoms with Crippen LogP contribution in [0.3, 0.4) is 0 Å². The summed E-state index contributed by atoms with van der Waals surface area (Å²) in [6.45, 7) is 3.06. The maximum atomic E-state index is 13.4. The van der Waals surface area contributed by atoms with Gasteiger partial charge in [-0.15, -0.1) is 0 Å². The number of hydrogen-bond acceptors (Lipinski definition) is 3. The van der Waals surface area contributed by atoms with E-state index in [0.29, 0.717) is 25.1 Å². The van der Waals surface area contributed by atoms with Gasteiger partial charge in [-0.3, -0.25) is 4.79 Å². The molecular formula is C12H16FNO2. The van der Waals surface area contributed by atoms with Gasteiger partial charge in [0.25, 0.3) is 0 Å². The van der Waals surface area contributed by atoms with Crippen molar-refractivity contribution in [3.63, 3.8) is 0 Å². The number of nitrogens with zero attached hydrogens (tertiary/aromatic N) is 1. The molecule has 0 radical (unpaired) electrons. The van der Waals surface area contributed by atoms with Crippen molar-refractivity contribution >= 4 is 12.0 Å². The Hall–Kier alpha value is -1.42. The molecule has 1 aromatic carbocycles. The summed E-state index contributed by atoms with van der Waals surface area (Å²) in [5.41, 5.74) is 0.607. The number of hydrogen-bond donors (Lipinski definition) is 1. The predicted octanol–water partition coefficient (Wildman–Crippen LogP) is 1.85. The Bertz CT molecular complexity index is 349. The second-order valence-electron chi connectivity index (χ2n) is 3.50. The molecule has 0 bridgehead atoms. The lowest BCUT2D eigenvalue weighted by atomic mass is 10.1. The third-order valence-electron chi connectivity index (χ3n) is 2.35. The van der Waals surface area contributed by atoms with Crippen LogP contribution in [0.5, 0.6) is 0 Å². The van der Waals surface area contributed by atoms with E-state index in [1.165, 1.54) is 6.07 Å². The van der Waals surface area contributed by atoms with Crippen molar-refractivity contribution in [2.75, 3.05) is 24.6 Å². The van der Waals surface area contributed by atoms with Crippen LogP contribution in [-0.2, 0) is 0 Å². The summed E-state index contributed by atoms with van der Waals surface area (Å²) in [4.78, 5) is 12.6. The minimum absolute atomic E-state index is 0.0190. The molecule has 1 rings (SSSR count). The van der Waals surface area contributed by atoms with Gasteiger partial charge in [-0.25, -0.2) is 4.39 Å². The Morgan fingerprint density at radius 3 is 2.75 bits per heavy atom. The number of benzene rings is 1. The van der Waals surface area contributed by atoms with Crippen LogP contribution in [-0.4, -0.2) is 31.1 Å². The summed E-state index contributed by atoms with van der Waals surface area (Å²) >= 11 is 0. The zero-order valence-corrected chi connectivity index (χ0v) is 9.32. The molecule has 1 aromatic rings. The molecule has 0 saturated heterocycles. The average Bonchev–Trinajstić information content (AvgIpc) is 2.28. The van der Waals surface area contributed by atoms with Crippen LogP contribution in [0.25, 0.3) is 0 Å². The molecule has 0 amide bonds. The highest BCUT2D eigenvalue weighted by atomic mass is 19.1. The summed E-state index contributed by atoms with van der Waals surface area (Å²) in [6.07, 6.45) is 1.39. The molecule has 0 atom stereocenters. The monoisotopic (exact) mass is 225 g/mol. The Morgan fingerprint density at radius 2 is 2.19 bits per heavy atom. The molecule has 0 fully saturated rings. The Balaban J connectivity index is 3.07. The van der Waals surface area contributed by atoms with E-state index in [9.17, 15) is 9.18 Å². The van der Waals surface area contributed by atoms with Crippen molar-refractivity contribution in [1.82, 2.24) is 0 Å². The van der Waals surface area contributed by atoms with Gasteiger partial charge in [-0.2, -0.15) is 0 Å². The van der Waals surface area contributed by atoms with Crippen LogP contribution in [0.1, 0.15) is 23.7 Å². The van der Waals surface area contributed by atoms with Crippen molar-refractivity contribution in [3.8, 4) is 0 Å². The van der Waals surface area contributed by atoms with E-state index in [0.717, 1.165) is 6.42 Å². The maximum Gasteiger partial charge on any atom is 0.155 e. The van der Waals surface area contributed by atoms with E-state index in [1.807, 2.05) is 11.8 Å². The first-order valence-corrected chi connectivity index (χ1v) is 5.34. The Morgan fingerprint density at radius 1 is 1.44 bits per heavy atom. The molecule has 0 unspecified atom stereocenters. The van der Waals surface area contributed by atoms with Crippen LogP contribution >= 0.6 is 0 Å². The molecule has 1 N–H and O–H groups in total. The van der Waals surface area contributed by atoms with Crippen molar-refractivity contribution in [2.45, 2.75) is 13.3 Å². The summed E-state index contributed by atoms with van der Waals surface area (Å²) < 4.78 is 13.4. The van der Waals surface area contributed by atoms with Gasteiger partial charge in [0.05, 0.1) is 17.9 Å². The largest absolute Gasteiger partial charge is 0.395 e. The molecule has 0 aliphatic heterocycles. The van der Waals surface area contributed by atoms with E-state index in [1.54, 1.807) is 12.1 Å². The third-order valence-corrected chi connectivity index (χ3v) is 2.35. The van der Waals surface area contributed by atoms with E-state index in [2.05, 4.69) is 0 Å². The van der Waals surface area contributed by atoms with Crippen LogP contribution in [0.4, 0.5) is 10.1 Å². The quantitative estimate of drug-likeness (QED) is 0.751. The molecule has 0 aliphatic carbocycles. The number of aliphatic hydroxyl groups is 1. The van der Waals surface area contributed by atoms with Crippen LogP contribution in [0, 0.1) is 5.82 Å². The van der Waals surface area contributed by atoms with Crippen LogP contribution in [0.2, 0.25) is 0 Å². The minimum atomic E-state index is -0.522. The van der Waals surface area contributed by atoms with Crippen LogP contribution < -0.4 is 4.90 Å². The highest BCUT2D eigenvalue weighted by Gasteiger charge is 2.13. The van der Waals surface area contributed by atoms with Gasteiger partial charge in [-0.05, 0) is 18.6 Å². The number of carbonyl (C=O) groups excluding carboxylic acids is 1. The first kappa shape index (κ1) is 12.6. The lowest BCUT2D eigenvalue weighted by molar-refractivity contribution is 0.112. The minimum Gasteiger partial charge on any atom is -0.395 e. The van der Waals surface area contributed by atoms with E-state index in [4.69, 9.17) is 5.11 Å². The molecule has 3 nitrogen and oxygen atoms in total. The highest BCUT2D eigenvalue weighted by molar-refractivity contribution is 5.85. The first-order chi connectivity index (χ1) is 7.74. The number of aldehydes is 1. The lowest BCUT2D eigenvalue weighted by Gasteiger charge is -2.24. The third kappa shape index (κ3) is 2.79. The molecule has 0 saturated carbocycles. The first-order valence-electron chi connectivity index (χ1n) is 5.34. The zero-order chi connectivity index (χ0) is 12.0. The van der Waals surface area contributed by atoms with Gasteiger partial charge in [0, 0.05) is 13.1 Å². The molecule has 88 valence electrons. The van der Waals surface area contributed by atoms with Crippen molar-refractivity contribution < 1.29 is 14.3 Å². The van der Waals surface area contributed by atoms with E-state index < -0.39 is 5.82 Å². The van der Waals surface area contributed by atoms with Gasteiger partial charge in [-0.1, -0.05) is 13.0 Å². The Labute approximate surface area is 94.5 Å². The second kappa shape index (κ2) is 6.23. The number of rotatable bonds is 6. The lowest BCUT2D eigenvalue weighted by Crippen LogP contribution is -2.28. The molecule has 4 heteroatoms. The fraction of sp³-hybridized carbons (Fsp3) is 0.417. The summed E-state index contributed by atoms with van der Waals surface area (Å²) in [5, 5.41) is 8.93. The molecule has 0 heterocycles. The van der Waals surface area contributed by atoms with E-state index in [-0.39, 0.29) is 12.2 Å². The number of carbonyl (C=O) groups is 1. The highest BCUT2D eigenvalue weighted by Crippen LogP contribution is 2.21. The maximum absolute atomic E-state index is 13.4. The summed E-state index contributed by atoms with van der Waals surface area (Å²) in [7, 11) is 0. The second-order valence-corrected chi connectivity index (χ2v) is 3.50. The van der Waals surface area contributed by atoms with Crippen molar-refractivity contribution in [3.05, 3.63) is 29.6 Å². The topological polar surface area (TPSA) is 40.5 Å². The predicted molar refractivity (Wildman–Crippen MR) is 61.4 cm³/mol. The Kier molecular flexibility index (Phi) is 4.92. The van der Waals surface area contributed by atoms with Gasteiger partial charge < -0.3 is 10.0 Å². The fourth-order valence-electron chi connectivity index (χ4n) is 1.66. The number of aliphatic hydroxyl groups excluding tert-OH is 1. The normalized spacial score (nSPS) is 10.2. The number of anilines is 1. The van der Waals surface area contributed by atoms with Gasteiger partial charge >= 0.3 is 0 Å². The molecular weight excluding hydrogens is 209 g/mol. The molecule has 0 aromatic heterocycles. The zero-order valence-electron chi connectivity index (χ0n) is 9.32. The average molecular weight is 225 g/mol. The molecule has 16 heavy (non-hydrogen) atoms. The van der Waals surface area contributed by atoms with Gasteiger partial charge in [0.15, 0.2) is 6.29 Å². The van der Waals surface area contributed by atoms with Gasteiger partial charge in [0.2, 0.25) is 0 Å². The van der Waals surface area contributed by atoms with Gasteiger partial charge in [0.1, 0.15) is 5.82 Å². The summed E-state index contributed by atoms with van der Waals surface area (Å²) in [6, 6.07) is 4.52.